The van der Waals surface area contributed by atoms with Gasteiger partial charge < -0.3 is 58.8 Å². The molecule has 0 unspecified atom stereocenters. The van der Waals surface area contributed by atoms with Crippen LogP contribution in [0.2, 0.25) is 0 Å². The van der Waals surface area contributed by atoms with E-state index in [1.807, 2.05) is 53.4 Å². The van der Waals surface area contributed by atoms with Crippen LogP contribution in [0.15, 0.2) is 85.5 Å². The molecule has 3 amide bonds. The van der Waals surface area contributed by atoms with Crippen molar-refractivity contribution in [3.63, 3.8) is 0 Å². The largest absolute Gasteiger partial charge is 1.00 e. The first-order chi connectivity index (χ1) is 30.5. The first-order valence-electron chi connectivity index (χ1n) is 19.7. The number of methoxy groups -OCH3 is 4. The number of hydrogen-bond acceptors (Lipinski definition) is 14. The predicted molar refractivity (Wildman–Crippen MR) is 233 cm³/mol. The smallest absolute Gasteiger partial charge is 0.541 e. The Labute approximate surface area is 417 Å². The number of carboxylic acids is 1. The fraction of sp³-hybridized carbons (Fsp3) is 0.289. The van der Waals surface area contributed by atoms with Crippen molar-refractivity contribution in [1.82, 2.24) is 40.0 Å². The third-order valence-electron chi connectivity index (χ3n) is 10.3. The average molecular weight is 917 g/mol. The van der Waals surface area contributed by atoms with E-state index in [0.717, 1.165) is 31.7 Å². The number of piperazine rings is 2. The van der Waals surface area contributed by atoms with Crippen LogP contribution in [0.5, 0.6) is 23.3 Å². The molecule has 8 rings (SSSR count). The number of carbonyl (C=O) groups is 6. The minimum Gasteiger partial charge on any atom is -0.541 e. The zero-order valence-corrected chi connectivity index (χ0v) is 39.1. The standard InChI is InChI=1S/C22H22N4O5.C11H10N2O5.C11H14N2O.CH4.K/c1-30-16-13-24-20(31-2)18-17(16)15(12-23-18)19(27)22(29)26-10-8-25(9-11-26)21(28)14-6-4-3-5-7-14;1-17-6-4-13-10(18-2)8-7(6)5(3-12-8)9(14)11(15)16;14-11(10-4-2-1-3-5-10)13-8-6-12-7-9-13;;/h3-7,12-13,23H,8-11H2,1-2H3;3-4,12H,1-2H3,(H,15,16);1-5,12H,6-9H2;1H4;/q;;;;+1/p-1. The minimum atomic E-state index is -1.78. The number of nitrogens with one attached hydrogen (secondary N) is 3. The first kappa shape index (κ1) is 51.5. The number of amides is 3. The molecule has 2 fully saturated rings. The monoisotopic (exact) mass is 916 g/mol. The van der Waals surface area contributed by atoms with E-state index in [1.165, 1.54) is 58.1 Å². The Balaban J connectivity index is 0.000000231. The van der Waals surface area contributed by atoms with Crippen LogP contribution in [0.25, 0.3) is 21.8 Å². The summed E-state index contributed by atoms with van der Waals surface area (Å²) in [5, 5.41) is 14.6. The van der Waals surface area contributed by atoms with Crippen LogP contribution in [-0.2, 0) is 9.59 Å². The number of aliphatic carboxylic acids is 1. The molecule has 2 aliphatic rings. The van der Waals surface area contributed by atoms with Crippen molar-refractivity contribution < 1.29 is 104 Å². The molecular weight excluding hydrogens is 868 g/mol. The molecule has 19 nitrogen and oxygen atoms in total. The normalized spacial score (nSPS) is 13.1. The number of hydrogen-bond donors (Lipinski definition) is 3. The number of pyridine rings is 2. The Morgan fingerprint density at radius 3 is 1.37 bits per heavy atom. The van der Waals surface area contributed by atoms with Gasteiger partial charge in [-0.25, -0.2) is 9.97 Å². The summed E-state index contributed by atoms with van der Waals surface area (Å²) in [7, 11) is 5.74. The summed E-state index contributed by atoms with van der Waals surface area (Å²) in [4.78, 5) is 91.4. The van der Waals surface area contributed by atoms with Gasteiger partial charge in [0.15, 0.2) is 0 Å². The van der Waals surface area contributed by atoms with Gasteiger partial charge in [0.25, 0.3) is 23.5 Å². The second-order valence-electron chi connectivity index (χ2n) is 13.9. The van der Waals surface area contributed by atoms with Crippen molar-refractivity contribution >= 4 is 57.1 Å². The molecule has 3 N–H and O–H groups in total. The summed E-state index contributed by atoms with van der Waals surface area (Å²) in [5.41, 5.74) is 2.40. The summed E-state index contributed by atoms with van der Waals surface area (Å²) < 4.78 is 20.6. The van der Waals surface area contributed by atoms with E-state index >= 15 is 0 Å². The quantitative estimate of drug-likeness (QED) is 0.0904. The van der Waals surface area contributed by atoms with E-state index in [1.54, 1.807) is 17.0 Å². The third kappa shape index (κ3) is 11.8. The second-order valence-corrected chi connectivity index (χ2v) is 13.9. The molecule has 0 saturated carbocycles. The Morgan fingerprint density at radius 1 is 0.569 bits per heavy atom. The maximum atomic E-state index is 13.0. The molecule has 0 aliphatic carbocycles. The number of aromatic amines is 2. The van der Waals surface area contributed by atoms with Gasteiger partial charge >= 0.3 is 51.4 Å². The van der Waals surface area contributed by atoms with Crippen LogP contribution in [0.3, 0.4) is 0 Å². The fourth-order valence-corrected chi connectivity index (χ4v) is 7.04. The van der Waals surface area contributed by atoms with Gasteiger partial charge in [0.2, 0.25) is 17.5 Å². The fourth-order valence-electron chi connectivity index (χ4n) is 7.04. The zero-order chi connectivity index (χ0) is 45.0. The van der Waals surface area contributed by atoms with E-state index < -0.39 is 23.4 Å². The molecular formula is C45H49KN8O11. The molecule has 2 aromatic carbocycles. The summed E-state index contributed by atoms with van der Waals surface area (Å²) in [5.74, 6) is -2.94. The SMILES string of the molecule is C.COc1ncc(OC)c2c(C(=O)C(=O)N3CCN(C(=O)c4ccccc4)CC3)c[nH]c12.COc1ncc(OC)c2c(C(=O)C(=O)[O-])c[nH]c12.O=C(c1ccccc1)N1CCNCC1.[K+]. The molecule has 65 heavy (non-hydrogen) atoms. The van der Waals surface area contributed by atoms with Crippen molar-refractivity contribution in [1.29, 1.82) is 0 Å². The number of benzene rings is 2. The Kier molecular flexibility index (Phi) is 19.2. The van der Waals surface area contributed by atoms with Gasteiger partial charge in [-0.3, -0.25) is 24.0 Å². The molecule has 2 aliphatic heterocycles. The van der Waals surface area contributed by atoms with Crippen LogP contribution in [0.4, 0.5) is 0 Å². The maximum absolute atomic E-state index is 13.0. The van der Waals surface area contributed by atoms with Gasteiger partial charge in [-0.2, -0.15) is 0 Å². The van der Waals surface area contributed by atoms with Crippen LogP contribution < -0.4 is 80.8 Å². The third-order valence-corrected chi connectivity index (χ3v) is 10.3. The molecule has 336 valence electrons. The number of rotatable bonds is 10. The number of aromatic nitrogens is 4. The van der Waals surface area contributed by atoms with Crippen molar-refractivity contribution in [2.45, 2.75) is 7.43 Å². The molecule has 0 atom stereocenters. The molecule has 0 radical (unpaired) electrons. The van der Waals surface area contributed by atoms with E-state index in [2.05, 4.69) is 25.3 Å². The topological polar surface area (TPSA) is 242 Å². The van der Waals surface area contributed by atoms with Gasteiger partial charge in [-0.15, -0.1) is 0 Å². The Morgan fingerprint density at radius 2 is 0.969 bits per heavy atom. The summed E-state index contributed by atoms with van der Waals surface area (Å²) in [6.07, 6.45) is 5.52. The number of carbonyl (C=O) groups excluding carboxylic acids is 6. The number of fused-ring (bicyclic) bond motifs is 2. The second kappa shape index (κ2) is 24.2. The van der Waals surface area contributed by atoms with Crippen LogP contribution in [0.1, 0.15) is 48.9 Å². The number of nitrogens with zero attached hydrogens (tertiary/aromatic N) is 5. The number of ketones is 2. The van der Waals surface area contributed by atoms with Gasteiger partial charge in [-0.1, -0.05) is 43.8 Å². The van der Waals surface area contributed by atoms with Gasteiger partial charge in [0, 0.05) is 75.9 Å². The van der Waals surface area contributed by atoms with E-state index in [-0.39, 0.29) is 106 Å². The molecule has 0 spiro atoms. The maximum Gasteiger partial charge on any atom is 1.00 e. The number of H-pyrrole nitrogens is 2. The molecule has 6 heterocycles. The number of carboxylic acid groups (broad SMARTS) is 1. The van der Waals surface area contributed by atoms with E-state index in [9.17, 15) is 33.9 Å². The molecule has 20 heteroatoms. The Bertz CT molecular complexity index is 2610. The molecule has 0 bridgehead atoms. The Hall–Kier alpha value is -6.16. The van der Waals surface area contributed by atoms with Gasteiger partial charge in [0.05, 0.1) is 62.7 Å². The van der Waals surface area contributed by atoms with E-state index in [4.69, 9.17) is 18.9 Å². The molecule has 6 aromatic rings. The van der Waals surface area contributed by atoms with Crippen LogP contribution >= 0.6 is 0 Å². The average Bonchev–Trinajstić information content (AvgIpc) is 4.00. The summed E-state index contributed by atoms with van der Waals surface area (Å²) in [6, 6.07) is 18.4. The van der Waals surface area contributed by atoms with Crippen molar-refractivity contribution in [3.05, 3.63) is 108 Å². The van der Waals surface area contributed by atoms with Crippen molar-refractivity contribution in [2.75, 3.05) is 80.8 Å². The van der Waals surface area contributed by atoms with Gasteiger partial charge in [0.1, 0.15) is 28.5 Å². The first-order valence-corrected chi connectivity index (χ1v) is 19.7. The van der Waals surface area contributed by atoms with Crippen molar-refractivity contribution in [2.24, 2.45) is 0 Å². The number of ether oxygens (including phenoxy) is 4. The van der Waals surface area contributed by atoms with Gasteiger partial charge in [-0.05, 0) is 24.3 Å². The molecule has 4 aromatic heterocycles. The molecule has 2 saturated heterocycles. The summed E-state index contributed by atoms with van der Waals surface area (Å²) in [6.45, 7) is 4.73. The number of Topliss-reactive ketones (excluding diaryl/α,β-unsaturated/α-hetero) is 2. The van der Waals surface area contributed by atoms with Crippen LogP contribution in [0, 0.1) is 0 Å². The predicted octanol–water partition coefficient (Wildman–Crippen LogP) is -0.368. The minimum absolute atomic E-state index is 0. The van der Waals surface area contributed by atoms with Crippen LogP contribution in [-0.4, -0.2) is 151 Å². The summed E-state index contributed by atoms with van der Waals surface area (Å²) >= 11 is 0. The van der Waals surface area contributed by atoms with E-state index in [0.29, 0.717) is 52.1 Å². The zero-order valence-electron chi connectivity index (χ0n) is 36.0. The van der Waals surface area contributed by atoms with Crippen molar-refractivity contribution in [3.8, 4) is 23.3 Å².